The molecule has 0 atom stereocenters. The Bertz CT molecular complexity index is 336. The Kier molecular flexibility index (Phi) is 1.99. The van der Waals surface area contributed by atoms with Gasteiger partial charge in [-0.15, -0.1) is 0 Å². The zero-order valence-corrected chi connectivity index (χ0v) is 6.60. The second-order valence-corrected chi connectivity index (χ2v) is 2.55. The zero-order chi connectivity index (χ0) is 9.30. The highest BCUT2D eigenvalue weighted by atomic mass is 19.1. The molecule has 0 aliphatic carbocycles. The molecule has 0 saturated heterocycles. The van der Waals surface area contributed by atoms with Crippen molar-refractivity contribution < 1.29 is 9.18 Å². The summed E-state index contributed by atoms with van der Waals surface area (Å²) in [6.07, 6.45) is 0. The number of aryl methyl sites for hydroxylation is 1. The van der Waals surface area contributed by atoms with Gasteiger partial charge < -0.3 is 11.5 Å². The maximum absolute atomic E-state index is 12.9. The largest absolute Gasteiger partial charge is 0.398 e. The lowest BCUT2D eigenvalue weighted by Crippen LogP contribution is -2.14. The second kappa shape index (κ2) is 2.81. The first-order valence-electron chi connectivity index (χ1n) is 3.38. The Morgan fingerprint density at radius 2 is 2.08 bits per heavy atom. The van der Waals surface area contributed by atoms with E-state index in [4.69, 9.17) is 11.5 Å². The van der Waals surface area contributed by atoms with E-state index >= 15 is 0 Å². The molecule has 0 aromatic heterocycles. The van der Waals surface area contributed by atoms with Crippen LogP contribution in [0, 0.1) is 12.7 Å². The van der Waals surface area contributed by atoms with Crippen LogP contribution >= 0.6 is 0 Å². The summed E-state index contributed by atoms with van der Waals surface area (Å²) >= 11 is 0. The van der Waals surface area contributed by atoms with Crippen molar-refractivity contribution >= 4 is 11.6 Å². The highest BCUT2D eigenvalue weighted by Gasteiger charge is 2.08. The fourth-order valence-electron chi connectivity index (χ4n) is 0.917. The summed E-state index contributed by atoms with van der Waals surface area (Å²) < 4.78 is 12.9. The van der Waals surface area contributed by atoms with Gasteiger partial charge in [0.05, 0.1) is 5.56 Å². The van der Waals surface area contributed by atoms with Crippen LogP contribution in [0.25, 0.3) is 0 Å². The van der Waals surface area contributed by atoms with Crippen LogP contribution in [0.15, 0.2) is 12.1 Å². The van der Waals surface area contributed by atoms with E-state index in [0.717, 1.165) is 6.07 Å². The van der Waals surface area contributed by atoms with E-state index in [1.807, 2.05) is 0 Å². The summed E-state index contributed by atoms with van der Waals surface area (Å²) in [6, 6.07) is 2.43. The first-order chi connectivity index (χ1) is 5.52. The molecule has 0 fully saturated rings. The molecule has 1 aromatic carbocycles. The molecule has 1 rings (SSSR count). The quantitative estimate of drug-likeness (QED) is 0.609. The van der Waals surface area contributed by atoms with Gasteiger partial charge >= 0.3 is 0 Å². The molecular formula is C8H9FN2O. The van der Waals surface area contributed by atoms with E-state index in [2.05, 4.69) is 0 Å². The van der Waals surface area contributed by atoms with Crippen molar-refractivity contribution in [2.24, 2.45) is 5.73 Å². The summed E-state index contributed by atoms with van der Waals surface area (Å²) in [5.74, 6) is -1.19. The number of carbonyl (C=O) groups excluding carboxylic acids is 1. The third-order valence-electron chi connectivity index (χ3n) is 1.60. The lowest BCUT2D eigenvalue weighted by Gasteiger charge is -2.03. The number of hydrogen-bond donors (Lipinski definition) is 2. The van der Waals surface area contributed by atoms with E-state index in [9.17, 15) is 9.18 Å². The molecule has 4 heteroatoms. The fourth-order valence-corrected chi connectivity index (χ4v) is 0.917. The van der Waals surface area contributed by atoms with Crippen LogP contribution in [0.5, 0.6) is 0 Å². The number of amides is 1. The third-order valence-corrected chi connectivity index (χ3v) is 1.60. The summed E-state index contributed by atoms with van der Waals surface area (Å²) in [4.78, 5) is 10.7. The minimum absolute atomic E-state index is 0.0260. The van der Waals surface area contributed by atoms with Gasteiger partial charge in [-0.25, -0.2) is 4.39 Å². The number of benzene rings is 1. The van der Waals surface area contributed by atoms with Gasteiger partial charge in [0, 0.05) is 5.69 Å². The van der Waals surface area contributed by atoms with E-state index in [-0.39, 0.29) is 11.3 Å². The van der Waals surface area contributed by atoms with Crippen LogP contribution in [0.1, 0.15) is 15.9 Å². The van der Waals surface area contributed by atoms with Gasteiger partial charge in [0.1, 0.15) is 5.82 Å². The summed E-state index contributed by atoms with van der Waals surface area (Å²) in [7, 11) is 0. The highest BCUT2D eigenvalue weighted by molar-refractivity contribution is 5.98. The van der Waals surface area contributed by atoms with Gasteiger partial charge in [-0.05, 0) is 24.6 Å². The number of nitrogens with two attached hydrogens (primary N) is 2. The molecule has 0 spiro atoms. The Hall–Kier alpha value is -1.58. The van der Waals surface area contributed by atoms with Crippen molar-refractivity contribution in [1.82, 2.24) is 0 Å². The number of halogens is 1. The van der Waals surface area contributed by atoms with Crippen molar-refractivity contribution in [1.29, 1.82) is 0 Å². The molecule has 0 unspecified atom stereocenters. The van der Waals surface area contributed by atoms with Crippen molar-refractivity contribution in [2.45, 2.75) is 6.92 Å². The predicted octanol–water partition coefficient (Wildman–Crippen LogP) is 0.815. The topological polar surface area (TPSA) is 69.1 Å². The lowest BCUT2D eigenvalue weighted by molar-refractivity contribution is 0.100. The number of hydrogen-bond acceptors (Lipinski definition) is 2. The molecule has 0 heterocycles. The molecule has 1 amide bonds. The average molecular weight is 168 g/mol. The van der Waals surface area contributed by atoms with Gasteiger partial charge in [0.15, 0.2) is 0 Å². The first-order valence-corrected chi connectivity index (χ1v) is 3.38. The predicted molar refractivity (Wildman–Crippen MR) is 44.1 cm³/mol. The van der Waals surface area contributed by atoms with Crippen LogP contribution in [-0.2, 0) is 0 Å². The molecule has 0 radical (unpaired) electrons. The van der Waals surface area contributed by atoms with E-state index in [1.54, 1.807) is 6.92 Å². The van der Waals surface area contributed by atoms with Crippen LogP contribution < -0.4 is 11.5 Å². The average Bonchev–Trinajstić information content (AvgIpc) is 1.96. The minimum atomic E-state index is -0.716. The van der Waals surface area contributed by atoms with Crippen molar-refractivity contribution in [3.8, 4) is 0 Å². The number of nitrogen functional groups attached to an aromatic ring is 1. The summed E-state index contributed by atoms with van der Waals surface area (Å²) in [5.41, 5.74) is 11.0. The van der Waals surface area contributed by atoms with Crippen molar-refractivity contribution in [3.63, 3.8) is 0 Å². The monoisotopic (exact) mass is 168 g/mol. The smallest absolute Gasteiger partial charge is 0.250 e. The molecule has 12 heavy (non-hydrogen) atoms. The minimum Gasteiger partial charge on any atom is -0.398 e. The second-order valence-electron chi connectivity index (χ2n) is 2.55. The van der Waals surface area contributed by atoms with Crippen LogP contribution in [0.3, 0.4) is 0 Å². The Balaban J connectivity index is 3.33. The van der Waals surface area contributed by atoms with E-state index in [0.29, 0.717) is 5.56 Å². The first kappa shape index (κ1) is 8.52. The normalized spacial score (nSPS) is 9.83. The van der Waals surface area contributed by atoms with Crippen molar-refractivity contribution in [2.75, 3.05) is 5.73 Å². The molecule has 0 bridgehead atoms. The maximum Gasteiger partial charge on any atom is 0.250 e. The van der Waals surface area contributed by atoms with Crippen LogP contribution in [0.4, 0.5) is 10.1 Å². The third kappa shape index (κ3) is 1.37. The Morgan fingerprint density at radius 3 is 2.58 bits per heavy atom. The summed E-state index contributed by atoms with van der Waals surface area (Å²) in [6.45, 7) is 1.57. The maximum atomic E-state index is 12.9. The van der Waals surface area contributed by atoms with E-state index in [1.165, 1.54) is 6.07 Å². The molecule has 0 saturated carbocycles. The van der Waals surface area contributed by atoms with Crippen molar-refractivity contribution in [3.05, 3.63) is 29.1 Å². The van der Waals surface area contributed by atoms with Gasteiger partial charge in [0.25, 0.3) is 5.91 Å². The van der Waals surface area contributed by atoms with Crippen LogP contribution in [-0.4, -0.2) is 5.91 Å². The Morgan fingerprint density at radius 1 is 1.50 bits per heavy atom. The molecule has 3 nitrogen and oxygen atoms in total. The van der Waals surface area contributed by atoms with E-state index < -0.39 is 11.7 Å². The van der Waals surface area contributed by atoms with Gasteiger partial charge in [-0.1, -0.05) is 0 Å². The SMILES string of the molecule is Cc1cc(N)c(C(N)=O)cc1F. The number of anilines is 1. The molecule has 1 aromatic rings. The molecule has 0 aliphatic rings. The lowest BCUT2D eigenvalue weighted by atomic mass is 10.1. The molecule has 0 aliphatic heterocycles. The highest BCUT2D eigenvalue weighted by Crippen LogP contribution is 2.16. The van der Waals surface area contributed by atoms with Gasteiger partial charge in [-0.2, -0.15) is 0 Å². The van der Waals surface area contributed by atoms with Gasteiger partial charge in [0.2, 0.25) is 0 Å². The number of primary amides is 1. The fraction of sp³-hybridized carbons (Fsp3) is 0.125. The molecular weight excluding hydrogens is 159 g/mol. The standard InChI is InChI=1S/C8H9FN2O/c1-4-2-7(10)5(8(11)12)3-6(4)9/h2-3H,10H2,1H3,(H2,11,12). The Labute approximate surface area is 69.2 Å². The number of carbonyl (C=O) groups is 1. The van der Waals surface area contributed by atoms with Crippen LogP contribution in [0.2, 0.25) is 0 Å². The zero-order valence-electron chi connectivity index (χ0n) is 6.60. The van der Waals surface area contributed by atoms with Gasteiger partial charge in [-0.3, -0.25) is 4.79 Å². The summed E-state index contributed by atoms with van der Waals surface area (Å²) in [5, 5.41) is 0. The molecule has 64 valence electrons. The number of rotatable bonds is 1. The molecule has 4 N–H and O–H groups in total.